The average molecular weight is 465 g/mol. The molecule has 0 radical (unpaired) electrons. The maximum Gasteiger partial charge on any atom is 0.262 e. The van der Waals surface area contributed by atoms with E-state index in [2.05, 4.69) is 56.3 Å². The molecular weight excluding hydrogens is 428 g/mol. The smallest absolute Gasteiger partial charge is 0.262 e. The van der Waals surface area contributed by atoms with E-state index < -0.39 is 18.3 Å². The number of hydrogen-bond donors (Lipinski definition) is 1. The SMILES string of the molecule is Cn1cnc(S(=O)(=O)N2C[C@H](NCCO[Si](C)(C)C(C)(C)C)[C@@H](c3ccccc3)C2)c1. The van der Waals surface area contributed by atoms with E-state index in [9.17, 15) is 8.42 Å². The summed E-state index contributed by atoms with van der Waals surface area (Å²) in [5, 5.41) is 3.85. The number of nitrogens with one attached hydrogen (secondary N) is 1. The third kappa shape index (κ3) is 5.46. The van der Waals surface area contributed by atoms with E-state index in [-0.39, 0.29) is 22.0 Å². The fourth-order valence-electron chi connectivity index (χ4n) is 3.63. The molecule has 7 nitrogen and oxygen atoms in total. The van der Waals surface area contributed by atoms with Crippen LogP contribution in [0.25, 0.3) is 0 Å². The quantitative estimate of drug-likeness (QED) is 0.480. The Hall–Kier alpha value is -1.52. The first-order valence-corrected chi connectivity index (χ1v) is 15.2. The first-order chi connectivity index (χ1) is 14.4. The highest BCUT2D eigenvalue weighted by Crippen LogP contribution is 2.36. The molecule has 0 aliphatic carbocycles. The Morgan fingerprint density at radius 2 is 1.87 bits per heavy atom. The summed E-state index contributed by atoms with van der Waals surface area (Å²) in [4.78, 5) is 4.08. The normalized spacial score (nSPS) is 21.0. The minimum Gasteiger partial charge on any atom is -0.416 e. The van der Waals surface area contributed by atoms with Crippen molar-refractivity contribution in [3.8, 4) is 0 Å². The summed E-state index contributed by atoms with van der Waals surface area (Å²) in [5.41, 5.74) is 1.14. The molecule has 2 aromatic rings. The molecule has 172 valence electrons. The van der Waals surface area contributed by atoms with Gasteiger partial charge in [-0.15, -0.1) is 0 Å². The summed E-state index contributed by atoms with van der Waals surface area (Å²) >= 11 is 0. The maximum absolute atomic E-state index is 13.1. The molecule has 0 saturated carbocycles. The van der Waals surface area contributed by atoms with Crippen LogP contribution in [0.5, 0.6) is 0 Å². The molecule has 1 aliphatic heterocycles. The molecule has 9 heteroatoms. The highest BCUT2D eigenvalue weighted by Gasteiger charge is 2.41. The van der Waals surface area contributed by atoms with Crippen LogP contribution in [-0.4, -0.2) is 62.9 Å². The van der Waals surface area contributed by atoms with Crippen molar-refractivity contribution >= 4 is 18.3 Å². The fraction of sp³-hybridized carbons (Fsp3) is 0.591. The van der Waals surface area contributed by atoms with E-state index in [1.54, 1.807) is 22.1 Å². The van der Waals surface area contributed by atoms with E-state index in [1.807, 2.05) is 18.2 Å². The number of rotatable bonds is 8. The van der Waals surface area contributed by atoms with Crippen LogP contribution in [0, 0.1) is 0 Å². The monoisotopic (exact) mass is 464 g/mol. The third-order valence-corrected chi connectivity index (χ3v) is 12.8. The van der Waals surface area contributed by atoms with Gasteiger partial charge in [-0.1, -0.05) is 51.1 Å². The summed E-state index contributed by atoms with van der Waals surface area (Å²) in [6, 6.07) is 10.1. The van der Waals surface area contributed by atoms with E-state index in [4.69, 9.17) is 4.43 Å². The Labute approximate surface area is 188 Å². The van der Waals surface area contributed by atoms with Crippen LogP contribution in [0.2, 0.25) is 18.1 Å². The van der Waals surface area contributed by atoms with Gasteiger partial charge in [0.05, 0.1) is 6.33 Å². The van der Waals surface area contributed by atoms with Gasteiger partial charge in [-0.2, -0.15) is 4.31 Å². The zero-order valence-corrected chi connectivity index (χ0v) is 21.3. The molecule has 1 aromatic carbocycles. The summed E-state index contributed by atoms with van der Waals surface area (Å²) in [7, 11) is -3.66. The number of aryl methyl sites for hydroxylation is 1. The highest BCUT2D eigenvalue weighted by atomic mass is 32.2. The fourth-order valence-corrected chi connectivity index (χ4v) is 6.13. The van der Waals surface area contributed by atoms with Crippen molar-refractivity contribution in [2.45, 2.75) is 55.9 Å². The van der Waals surface area contributed by atoms with Gasteiger partial charge < -0.3 is 14.3 Å². The zero-order valence-electron chi connectivity index (χ0n) is 19.5. The van der Waals surface area contributed by atoms with Crippen LogP contribution in [-0.2, 0) is 21.5 Å². The molecule has 1 aliphatic rings. The molecule has 31 heavy (non-hydrogen) atoms. The topological polar surface area (TPSA) is 76.5 Å². The number of imidazole rings is 1. The summed E-state index contributed by atoms with van der Waals surface area (Å²) in [6.45, 7) is 13.4. The van der Waals surface area contributed by atoms with E-state index in [0.29, 0.717) is 26.2 Å². The second-order valence-electron chi connectivity index (χ2n) is 9.89. The van der Waals surface area contributed by atoms with Gasteiger partial charge in [0.15, 0.2) is 13.3 Å². The Balaban J connectivity index is 1.71. The van der Waals surface area contributed by atoms with Crippen LogP contribution >= 0.6 is 0 Å². The van der Waals surface area contributed by atoms with Gasteiger partial charge in [-0.05, 0) is 23.7 Å². The molecule has 1 aromatic heterocycles. The van der Waals surface area contributed by atoms with E-state index >= 15 is 0 Å². The van der Waals surface area contributed by atoms with E-state index in [1.165, 1.54) is 6.33 Å². The van der Waals surface area contributed by atoms with Crippen LogP contribution in [0.1, 0.15) is 32.3 Å². The molecule has 2 heterocycles. The highest BCUT2D eigenvalue weighted by molar-refractivity contribution is 7.89. The first-order valence-electron chi connectivity index (χ1n) is 10.8. The molecule has 0 unspecified atom stereocenters. The lowest BCUT2D eigenvalue weighted by Gasteiger charge is -2.36. The van der Waals surface area contributed by atoms with Crippen LogP contribution in [0.3, 0.4) is 0 Å². The van der Waals surface area contributed by atoms with Gasteiger partial charge in [-0.25, -0.2) is 13.4 Å². The summed E-state index contributed by atoms with van der Waals surface area (Å²) < 4.78 is 35.8. The Morgan fingerprint density at radius 3 is 2.45 bits per heavy atom. The average Bonchev–Trinajstić information content (AvgIpc) is 3.32. The van der Waals surface area contributed by atoms with Crippen LogP contribution < -0.4 is 5.32 Å². The molecule has 0 amide bonds. The predicted octanol–water partition coefficient (Wildman–Crippen LogP) is 3.19. The van der Waals surface area contributed by atoms with Crippen molar-refractivity contribution in [1.82, 2.24) is 19.2 Å². The van der Waals surface area contributed by atoms with Crippen molar-refractivity contribution in [2.24, 2.45) is 7.05 Å². The van der Waals surface area contributed by atoms with Crippen LogP contribution in [0.4, 0.5) is 0 Å². The predicted molar refractivity (Wildman–Crippen MR) is 126 cm³/mol. The molecular formula is C22H36N4O3SSi. The van der Waals surface area contributed by atoms with Crippen molar-refractivity contribution in [1.29, 1.82) is 0 Å². The second-order valence-corrected chi connectivity index (χ2v) is 16.6. The Morgan fingerprint density at radius 1 is 1.19 bits per heavy atom. The number of aromatic nitrogens is 2. The van der Waals surface area contributed by atoms with Gasteiger partial charge in [0.2, 0.25) is 0 Å². The molecule has 1 saturated heterocycles. The van der Waals surface area contributed by atoms with Crippen molar-refractivity contribution in [2.75, 3.05) is 26.2 Å². The minimum atomic E-state index is -3.63. The summed E-state index contributed by atoms with van der Waals surface area (Å²) in [5.74, 6) is 0.0764. The molecule has 3 rings (SSSR count). The third-order valence-electron chi connectivity index (χ3n) is 6.58. The van der Waals surface area contributed by atoms with Gasteiger partial charge in [0.25, 0.3) is 10.0 Å². The van der Waals surface area contributed by atoms with Gasteiger partial charge in [0.1, 0.15) is 0 Å². The Bertz CT molecular complexity index is 970. The molecule has 1 fully saturated rings. The Kier molecular flexibility index (Phi) is 7.12. The van der Waals surface area contributed by atoms with Gasteiger partial charge in [0, 0.05) is 51.4 Å². The minimum absolute atomic E-state index is 0.0175. The zero-order chi connectivity index (χ0) is 22.9. The largest absolute Gasteiger partial charge is 0.416 e. The molecule has 0 bridgehead atoms. The van der Waals surface area contributed by atoms with E-state index in [0.717, 1.165) is 5.56 Å². The molecule has 1 N–H and O–H groups in total. The maximum atomic E-state index is 13.1. The van der Waals surface area contributed by atoms with Crippen molar-refractivity contribution in [3.05, 3.63) is 48.4 Å². The number of nitrogens with zero attached hydrogens (tertiary/aromatic N) is 3. The lowest BCUT2D eigenvalue weighted by atomic mass is 9.94. The molecule has 0 spiro atoms. The first kappa shape index (κ1) is 24.1. The standard InChI is InChI=1S/C22H36N4O3SSi/c1-22(2,3)31(5,6)29-13-12-23-20-15-26(14-19(20)18-10-8-7-9-11-18)30(27,28)21-16-25(4)17-24-21/h7-11,16-17,19-20,23H,12-15H2,1-6H3/t19-,20+/m1/s1. The lowest BCUT2D eigenvalue weighted by molar-refractivity contribution is 0.278. The van der Waals surface area contributed by atoms with Gasteiger partial charge in [-0.3, -0.25) is 0 Å². The number of benzene rings is 1. The van der Waals surface area contributed by atoms with Crippen molar-refractivity contribution in [3.63, 3.8) is 0 Å². The molecule has 2 atom stereocenters. The number of hydrogen-bond acceptors (Lipinski definition) is 5. The lowest BCUT2D eigenvalue weighted by Crippen LogP contribution is -2.44. The van der Waals surface area contributed by atoms with Crippen LogP contribution in [0.15, 0.2) is 47.9 Å². The second kappa shape index (κ2) is 9.15. The van der Waals surface area contributed by atoms with Crippen molar-refractivity contribution < 1.29 is 12.8 Å². The van der Waals surface area contributed by atoms with Gasteiger partial charge >= 0.3 is 0 Å². The summed E-state index contributed by atoms with van der Waals surface area (Å²) in [6.07, 6.45) is 3.08. The number of sulfonamides is 1.